The third kappa shape index (κ3) is 2.76. The van der Waals surface area contributed by atoms with Crippen LogP contribution >= 0.6 is 0 Å². The molecule has 0 fully saturated rings. The van der Waals surface area contributed by atoms with Gasteiger partial charge < -0.3 is 10.2 Å². The zero-order valence-corrected chi connectivity index (χ0v) is 13.4. The highest BCUT2D eigenvalue weighted by Gasteiger charge is 2.15. The number of nitrogens with one attached hydrogen (secondary N) is 1. The minimum atomic E-state index is 0.584. The molecule has 0 bridgehead atoms. The molecule has 0 radical (unpaired) electrons. The van der Waals surface area contributed by atoms with Crippen LogP contribution in [0.3, 0.4) is 0 Å². The molecule has 0 amide bonds. The van der Waals surface area contributed by atoms with E-state index in [1.165, 1.54) is 40.2 Å². The first-order valence-corrected chi connectivity index (χ1v) is 7.75. The molecule has 0 saturated carbocycles. The third-order valence-electron chi connectivity index (χ3n) is 4.44. The molecule has 2 aromatic carbocycles. The standard InChI is InChI=1S/C19H24N2/c1-13-5-10-19(14(2)11-13)21(4)17-8-9-18-16(12-17)7-6-15(3)20-18/h5,8-12,15,20H,6-7H2,1-4H3. The lowest BCUT2D eigenvalue weighted by molar-refractivity contribution is 0.681. The Kier molecular flexibility index (Phi) is 3.62. The Hall–Kier alpha value is -1.96. The van der Waals surface area contributed by atoms with Gasteiger partial charge in [0.1, 0.15) is 0 Å². The summed E-state index contributed by atoms with van der Waals surface area (Å²) in [5.74, 6) is 0. The van der Waals surface area contributed by atoms with Crippen LogP contribution in [0.15, 0.2) is 36.4 Å². The summed E-state index contributed by atoms with van der Waals surface area (Å²) < 4.78 is 0. The Morgan fingerprint density at radius 2 is 1.90 bits per heavy atom. The highest BCUT2D eigenvalue weighted by atomic mass is 15.1. The van der Waals surface area contributed by atoms with Crippen molar-refractivity contribution in [2.75, 3.05) is 17.3 Å². The fraction of sp³-hybridized carbons (Fsp3) is 0.368. The van der Waals surface area contributed by atoms with Gasteiger partial charge >= 0.3 is 0 Å². The molecule has 110 valence electrons. The number of rotatable bonds is 2. The maximum absolute atomic E-state index is 3.57. The van der Waals surface area contributed by atoms with E-state index in [2.05, 4.69) is 74.4 Å². The van der Waals surface area contributed by atoms with Gasteiger partial charge in [-0.05, 0) is 69.0 Å². The smallest absolute Gasteiger partial charge is 0.0437 e. The van der Waals surface area contributed by atoms with E-state index in [0.717, 1.165) is 6.42 Å². The van der Waals surface area contributed by atoms with E-state index in [1.54, 1.807) is 0 Å². The van der Waals surface area contributed by atoms with Gasteiger partial charge in [0.25, 0.3) is 0 Å². The van der Waals surface area contributed by atoms with E-state index < -0.39 is 0 Å². The Labute approximate surface area is 127 Å². The first kappa shape index (κ1) is 14.0. The summed E-state index contributed by atoms with van der Waals surface area (Å²) >= 11 is 0. The van der Waals surface area contributed by atoms with Crippen LogP contribution in [0, 0.1) is 13.8 Å². The molecule has 0 saturated heterocycles. The molecule has 1 atom stereocenters. The Morgan fingerprint density at radius 1 is 1.10 bits per heavy atom. The minimum absolute atomic E-state index is 0.584. The molecule has 3 rings (SSSR count). The van der Waals surface area contributed by atoms with Gasteiger partial charge in [-0.2, -0.15) is 0 Å². The van der Waals surface area contributed by atoms with Crippen molar-refractivity contribution >= 4 is 17.1 Å². The van der Waals surface area contributed by atoms with Crippen molar-refractivity contribution < 1.29 is 0 Å². The van der Waals surface area contributed by atoms with Gasteiger partial charge in [-0.15, -0.1) is 0 Å². The van der Waals surface area contributed by atoms with Crippen molar-refractivity contribution in [3.05, 3.63) is 53.1 Å². The van der Waals surface area contributed by atoms with Crippen LogP contribution in [0.1, 0.15) is 30.0 Å². The number of hydrogen-bond donors (Lipinski definition) is 1. The van der Waals surface area contributed by atoms with Gasteiger partial charge in [0, 0.05) is 30.2 Å². The number of hydrogen-bond acceptors (Lipinski definition) is 2. The van der Waals surface area contributed by atoms with Gasteiger partial charge in [-0.3, -0.25) is 0 Å². The molecule has 0 aliphatic carbocycles. The highest BCUT2D eigenvalue weighted by molar-refractivity contribution is 5.70. The lowest BCUT2D eigenvalue weighted by Crippen LogP contribution is -2.22. The third-order valence-corrected chi connectivity index (χ3v) is 4.44. The van der Waals surface area contributed by atoms with E-state index in [9.17, 15) is 0 Å². The molecular weight excluding hydrogens is 256 g/mol. The summed E-state index contributed by atoms with van der Waals surface area (Å²) in [7, 11) is 2.15. The molecule has 0 aromatic heterocycles. The summed E-state index contributed by atoms with van der Waals surface area (Å²) in [5.41, 5.74) is 7.90. The lowest BCUT2D eigenvalue weighted by atomic mass is 9.98. The minimum Gasteiger partial charge on any atom is -0.382 e. The average molecular weight is 280 g/mol. The number of aryl methyl sites for hydroxylation is 3. The first-order valence-electron chi connectivity index (χ1n) is 7.75. The van der Waals surface area contributed by atoms with Gasteiger partial charge in [0.2, 0.25) is 0 Å². The molecule has 2 heteroatoms. The Bertz CT molecular complexity index is 661. The average Bonchev–Trinajstić information content (AvgIpc) is 2.46. The molecule has 1 unspecified atom stereocenters. The molecule has 1 aliphatic rings. The second-order valence-electron chi connectivity index (χ2n) is 6.27. The molecule has 0 spiro atoms. The van der Waals surface area contributed by atoms with Crippen LogP contribution in [-0.2, 0) is 6.42 Å². The highest BCUT2D eigenvalue weighted by Crippen LogP contribution is 2.32. The predicted octanol–water partition coefficient (Wildman–Crippen LogP) is 4.82. The van der Waals surface area contributed by atoms with Crippen molar-refractivity contribution in [1.29, 1.82) is 0 Å². The monoisotopic (exact) mass is 280 g/mol. The summed E-state index contributed by atoms with van der Waals surface area (Å²) in [4.78, 5) is 2.28. The van der Waals surface area contributed by atoms with Crippen LogP contribution in [0.5, 0.6) is 0 Å². The number of fused-ring (bicyclic) bond motifs is 1. The van der Waals surface area contributed by atoms with Gasteiger partial charge in [-0.25, -0.2) is 0 Å². The van der Waals surface area contributed by atoms with Crippen molar-refractivity contribution in [3.63, 3.8) is 0 Å². The van der Waals surface area contributed by atoms with Crippen LogP contribution < -0.4 is 10.2 Å². The van der Waals surface area contributed by atoms with E-state index >= 15 is 0 Å². The van der Waals surface area contributed by atoms with E-state index in [4.69, 9.17) is 0 Å². The van der Waals surface area contributed by atoms with Crippen molar-refractivity contribution in [2.24, 2.45) is 0 Å². The van der Waals surface area contributed by atoms with E-state index in [-0.39, 0.29) is 0 Å². The largest absolute Gasteiger partial charge is 0.382 e. The fourth-order valence-corrected chi connectivity index (χ4v) is 3.17. The second kappa shape index (κ2) is 5.44. The number of benzene rings is 2. The summed E-state index contributed by atoms with van der Waals surface area (Å²) in [6, 6.07) is 14.0. The quantitative estimate of drug-likeness (QED) is 0.848. The van der Waals surface area contributed by atoms with Gasteiger partial charge in [0.15, 0.2) is 0 Å². The van der Waals surface area contributed by atoms with Crippen LogP contribution in [0.25, 0.3) is 0 Å². The fourth-order valence-electron chi connectivity index (χ4n) is 3.17. The topological polar surface area (TPSA) is 15.3 Å². The van der Waals surface area contributed by atoms with E-state index in [0.29, 0.717) is 6.04 Å². The number of anilines is 3. The van der Waals surface area contributed by atoms with Gasteiger partial charge in [0.05, 0.1) is 0 Å². The van der Waals surface area contributed by atoms with Crippen LogP contribution in [-0.4, -0.2) is 13.1 Å². The van der Waals surface area contributed by atoms with Crippen LogP contribution in [0.2, 0.25) is 0 Å². The Balaban J connectivity index is 1.93. The normalized spacial score (nSPS) is 17.0. The maximum Gasteiger partial charge on any atom is 0.0437 e. The molecule has 1 aliphatic heterocycles. The van der Waals surface area contributed by atoms with E-state index in [1.807, 2.05) is 0 Å². The zero-order chi connectivity index (χ0) is 15.0. The molecular formula is C19H24N2. The SMILES string of the molecule is Cc1ccc(N(C)c2ccc3c(c2)CCC(C)N3)c(C)c1. The summed E-state index contributed by atoms with van der Waals surface area (Å²) in [5, 5.41) is 3.57. The first-order chi connectivity index (χ1) is 10.0. The molecule has 2 aromatic rings. The molecule has 2 nitrogen and oxygen atoms in total. The molecule has 21 heavy (non-hydrogen) atoms. The lowest BCUT2D eigenvalue weighted by Gasteiger charge is -2.27. The summed E-state index contributed by atoms with van der Waals surface area (Å²) in [6.45, 7) is 6.57. The van der Waals surface area contributed by atoms with Crippen LogP contribution in [0.4, 0.5) is 17.1 Å². The number of nitrogens with zero attached hydrogens (tertiary/aromatic N) is 1. The molecule has 1 heterocycles. The van der Waals surface area contributed by atoms with Crippen molar-refractivity contribution in [1.82, 2.24) is 0 Å². The summed E-state index contributed by atoms with van der Waals surface area (Å²) in [6.07, 6.45) is 2.38. The zero-order valence-electron chi connectivity index (χ0n) is 13.4. The predicted molar refractivity (Wildman–Crippen MR) is 91.8 cm³/mol. The second-order valence-corrected chi connectivity index (χ2v) is 6.27. The van der Waals surface area contributed by atoms with Crippen molar-refractivity contribution in [3.8, 4) is 0 Å². The maximum atomic E-state index is 3.57. The van der Waals surface area contributed by atoms with Gasteiger partial charge in [-0.1, -0.05) is 17.7 Å². The Morgan fingerprint density at radius 3 is 2.67 bits per heavy atom. The van der Waals surface area contributed by atoms with Crippen molar-refractivity contribution in [2.45, 2.75) is 39.7 Å². The molecule has 1 N–H and O–H groups in total.